The number of hydrogen-bond donors (Lipinski definition) is 0. The van der Waals surface area contributed by atoms with Crippen LogP contribution in [-0.2, 0) is 0 Å². The Morgan fingerprint density at radius 3 is 1.29 bits per heavy atom. The van der Waals surface area contributed by atoms with E-state index in [0.717, 1.165) is 0 Å². The topological polar surface area (TPSA) is 0 Å². The molecule has 0 heteroatoms. The molecule has 0 nitrogen and oxygen atoms in total. The fourth-order valence-corrected chi connectivity index (χ4v) is 9.26. The van der Waals surface area contributed by atoms with E-state index in [1.165, 1.54) is 110 Å². The Hall–Kier alpha value is -7.54. The van der Waals surface area contributed by atoms with Crippen molar-refractivity contribution in [3.63, 3.8) is 0 Å². The van der Waals surface area contributed by atoms with Crippen molar-refractivity contribution in [3.8, 4) is 66.8 Å². The Morgan fingerprint density at radius 1 is 0.172 bits per heavy atom. The predicted octanol–water partition coefficient (Wildman–Crippen LogP) is 16.3. The van der Waals surface area contributed by atoms with Gasteiger partial charge < -0.3 is 0 Å². The Morgan fingerprint density at radius 2 is 0.638 bits per heavy atom. The van der Waals surface area contributed by atoms with Crippen LogP contribution in [-0.4, -0.2) is 0 Å². The van der Waals surface area contributed by atoms with Gasteiger partial charge in [0.2, 0.25) is 0 Å². The molecule has 0 fully saturated rings. The van der Waals surface area contributed by atoms with Crippen molar-refractivity contribution in [1.82, 2.24) is 0 Å². The van der Waals surface area contributed by atoms with Crippen molar-refractivity contribution in [3.05, 3.63) is 231 Å². The molecule has 11 rings (SSSR count). The highest BCUT2D eigenvalue weighted by Crippen LogP contribution is 2.47. The number of benzene rings is 11. The zero-order valence-electron chi connectivity index (χ0n) is 31.9. The van der Waals surface area contributed by atoms with E-state index in [1.807, 2.05) is 0 Å². The quantitative estimate of drug-likeness (QED) is 0.118. The number of fused-ring (bicyclic) bond motifs is 5. The van der Waals surface area contributed by atoms with Gasteiger partial charge in [0.25, 0.3) is 0 Å². The van der Waals surface area contributed by atoms with E-state index in [1.54, 1.807) is 0 Å². The third-order valence-corrected chi connectivity index (χ3v) is 11.9. The van der Waals surface area contributed by atoms with Gasteiger partial charge in [0, 0.05) is 0 Å². The molecule has 58 heavy (non-hydrogen) atoms. The van der Waals surface area contributed by atoms with Crippen LogP contribution in [0, 0.1) is 0 Å². The van der Waals surface area contributed by atoms with Gasteiger partial charge in [-0.2, -0.15) is 0 Å². The first-order chi connectivity index (χ1) is 28.8. The molecule has 11 aromatic rings. The first-order valence-corrected chi connectivity index (χ1v) is 20.1. The highest BCUT2D eigenvalue weighted by Gasteiger charge is 2.20. The lowest BCUT2D eigenvalue weighted by molar-refractivity contribution is 1.56. The third-order valence-electron chi connectivity index (χ3n) is 11.9. The van der Waals surface area contributed by atoms with Crippen LogP contribution >= 0.6 is 0 Å². The first-order valence-electron chi connectivity index (χ1n) is 20.1. The molecule has 11 aromatic carbocycles. The van der Waals surface area contributed by atoms with E-state index in [9.17, 15) is 0 Å². The molecule has 0 aliphatic heterocycles. The minimum Gasteiger partial charge on any atom is -0.0622 e. The second kappa shape index (κ2) is 14.2. The molecule has 270 valence electrons. The third kappa shape index (κ3) is 5.69. The molecule has 0 amide bonds. The van der Waals surface area contributed by atoms with Crippen LogP contribution in [0.15, 0.2) is 231 Å². The summed E-state index contributed by atoms with van der Waals surface area (Å²) >= 11 is 0. The summed E-state index contributed by atoms with van der Waals surface area (Å²) < 4.78 is 0. The molecular formula is C58H38. The maximum atomic E-state index is 2.46. The Bertz CT molecular complexity index is 3260. The van der Waals surface area contributed by atoms with Crippen molar-refractivity contribution >= 4 is 43.1 Å². The SMILES string of the molecule is c1ccc(-c2cccc(-c3ccc(-c4c5ccccc5c(-c5ccccc5)c5ccccc45)cc3-c3ccccc3-c3cc4ccccc4c4ccccc34)c2)cc1. The largest absolute Gasteiger partial charge is 0.0622 e. The van der Waals surface area contributed by atoms with Crippen molar-refractivity contribution in [2.45, 2.75) is 0 Å². The van der Waals surface area contributed by atoms with Gasteiger partial charge in [-0.3, -0.25) is 0 Å². The van der Waals surface area contributed by atoms with Gasteiger partial charge in [-0.15, -0.1) is 0 Å². The van der Waals surface area contributed by atoms with Crippen LogP contribution in [0.25, 0.3) is 110 Å². The molecule has 0 spiro atoms. The van der Waals surface area contributed by atoms with E-state index in [-0.39, 0.29) is 0 Å². The molecule has 0 aromatic heterocycles. The summed E-state index contributed by atoms with van der Waals surface area (Å²) in [5, 5.41) is 10.1. The number of hydrogen-bond acceptors (Lipinski definition) is 0. The van der Waals surface area contributed by atoms with Crippen LogP contribution < -0.4 is 0 Å². The van der Waals surface area contributed by atoms with Crippen LogP contribution in [0.4, 0.5) is 0 Å². The van der Waals surface area contributed by atoms with Crippen molar-refractivity contribution in [2.24, 2.45) is 0 Å². The molecule has 0 radical (unpaired) electrons. The Labute approximate surface area is 339 Å². The summed E-state index contributed by atoms with van der Waals surface area (Å²) in [6.45, 7) is 0. The normalized spacial score (nSPS) is 11.4. The molecule has 0 N–H and O–H groups in total. The summed E-state index contributed by atoms with van der Waals surface area (Å²) in [6, 6.07) is 84.6. The van der Waals surface area contributed by atoms with Crippen molar-refractivity contribution < 1.29 is 0 Å². The lowest BCUT2D eigenvalue weighted by Gasteiger charge is -2.21. The maximum Gasteiger partial charge on any atom is -0.00261 e. The second-order valence-electron chi connectivity index (χ2n) is 15.2. The fraction of sp³-hybridized carbons (Fsp3) is 0. The zero-order chi connectivity index (χ0) is 38.4. The van der Waals surface area contributed by atoms with E-state index in [4.69, 9.17) is 0 Å². The average molecular weight is 735 g/mol. The average Bonchev–Trinajstić information content (AvgIpc) is 3.31. The van der Waals surface area contributed by atoms with Crippen LogP contribution in [0.2, 0.25) is 0 Å². The lowest BCUT2D eigenvalue weighted by Crippen LogP contribution is -1.94. The van der Waals surface area contributed by atoms with Gasteiger partial charge in [0.05, 0.1) is 0 Å². The second-order valence-corrected chi connectivity index (χ2v) is 15.2. The van der Waals surface area contributed by atoms with Crippen molar-refractivity contribution in [1.29, 1.82) is 0 Å². The summed E-state index contributed by atoms with van der Waals surface area (Å²) in [7, 11) is 0. The van der Waals surface area contributed by atoms with E-state index < -0.39 is 0 Å². The molecular weight excluding hydrogens is 697 g/mol. The highest BCUT2D eigenvalue weighted by molar-refractivity contribution is 6.22. The summed E-state index contributed by atoms with van der Waals surface area (Å²) in [4.78, 5) is 0. The molecule has 0 atom stereocenters. The molecule has 0 aliphatic carbocycles. The zero-order valence-corrected chi connectivity index (χ0v) is 31.9. The predicted molar refractivity (Wildman–Crippen MR) is 249 cm³/mol. The van der Waals surface area contributed by atoms with Gasteiger partial charge in [-0.05, 0) is 128 Å². The van der Waals surface area contributed by atoms with Gasteiger partial charge in [0.1, 0.15) is 0 Å². The minimum atomic E-state index is 1.19. The smallest absolute Gasteiger partial charge is 0.00261 e. The Kier molecular flexibility index (Phi) is 8.26. The first kappa shape index (κ1) is 33.8. The molecule has 0 saturated carbocycles. The maximum absolute atomic E-state index is 2.46. The van der Waals surface area contributed by atoms with Crippen LogP contribution in [0.1, 0.15) is 0 Å². The Balaban J connectivity index is 1.21. The molecule has 0 saturated heterocycles. The van der Waals surface area contributed by atoms with Gasteiger partial charge in [0.15, 0.2) is 0 Å². The van der Waals surface area contributed by atoms with E-state index in [0.29, 0.717) is 0 Å². The highest BCUT2D eigenvalue weighted by atomic mass is 14.2. The van der Waals surface area contributed by atoms with Crippen molar-refractivity contribution in [2.75, 3.05) is 0 Å². The summed E-state index contributed by atoms with van der Waals surface area (Å²) in [5.41, 5.74) is 14.6. The summed E-state index contributed by atoms with van der Waals surface area (Å²) in [6.07, 6.45) is 0. The standard InChI is InChI=1S/C58H38/c1-3-18-39(19-4-1)41-23-17-24-42(36-41)46-35-34-44(58-53-32-15-13-30-51(53)57(40-20-5-2-6-21-40)52-31-14-16-33-54(52)58)38-55(46)49-28-11-12-29-50(49)56-37-43-22-7-8-25-45(43)47-26-9-10-27-48(47)56/h1-38H. The lowest BCUT2D eigenvalue weighted by atomic mass is 9.82. The van der Waals surface area contributed by atoms with Gasteiger partial charge in [-0.25, -0.2) is 0 Å². The fourth-order valence-electron chi connectivity index (χ4n) is 9.26. The minimum absolute atomic E-state index is 1.19. The van der Waals surface area contributed by atoms with Crippen LogP contribution in [0.3, 0.4) is 0 Å². The molecule has 0 bridgehead atoms. The van der Waals surface area contributed by atoms with Gasteiger partial charge >= 0.3 is 0 Å². The van der Waals surface area contributed by atoms with E-state index >= 15 is 0 Å². The van der Waals surface area contributed by atoms with Gasteiger partial charge in [-0.1, -0.05) is 212 Å². The molecule has 0 aliphatic rings. The molecule has 0 unspecified atom stereocenters. The van der Waals surface area contributed by atoms with Crippen LogP contribution in [0.5, 0.6) is 0 Å². The monoisotopic (exact) mass is 734 g/mol. The van der Waals surface area contributed by atoms with E-state index in [2.05, 4.69) is 231 Å². The molecule has 0 heterocycles. The summed E-state index contributed by atoms with van der Waals surface area (Å²) in [5.74, 6) is 0. The number of rotatable bonds is 6.